The number of hydrogen-bond donors (Lipinski definition) is 2. The Hall–Kier alpha value is -1.12. The van der Waals surface area contributed by atoms with Gasteiger partial charge in [-0.2, -0.15) is 0 Å². The molecule has 4 N–H and O–H groups in total. The van der Waals surface area contributed by atoms with Crippen LogP contribution in [0.5, 0.6) is 0 Å². The summed E-state index contributed by atoms with van der Waals surface area (Å²) in [4.78, 5) is 0. The molecule has 0 amide bonds. The van der Waals surface area contributed by atoms with Crippen molar-refractivity contribution < 1.29 is 0 Å². The molecule has 1 aromatic rings. The van der Waals surface area contributed by atoms with Gasteiger partial charge in [-0.3, -0.25) is 0 Å². The van der Waals surface area contributed by atoms with E-state index < -0.39 is 5.66 Å². The van der Waals surface area contributed by atoms with Crippen molar-refractivity contribution in [2.45, 2.75) is 39.8 Å². The molecule has 0 unspecified atom stereocenters. The van der Waals surface area contributed by atoms with Crippen molar-refractivity contribution in [1.82, 2.24) is 0 Å². The highest BCUT2D eigenvalue weighted by molar-refractivity contribution is 5.68. The van der Waals surface area contributed by atoms with E-state index in [0.717, 1.165) is 6.42 Å². The topological polar surface area (TPSA) is 52.0 Å². The first-order valence-electron chi connectivity index (χ1n) is 6.52. The minimum absolute atomic E-state index is 0.129. The number of benzene rings is 1. The van der Waals surface area contributed by atoms with Crippen LogP contribution in [0.1, 0.15) is 39.7 Å². The normalized spacial score (nSPS) is 24.4. The minimum atomic E-state index is -0.696. The van der Waals surface area contributed by atoms with Crippen LogP contribution in [-0.2, 0) is 0 Å². The van der Waals surface area contributed by atoms with Crippen molar-refractivity contribution in [1.29, 1.82) is 0 Å². The Kier molecular flexibility index (Phi) is 2.91. The van der Waals surface area contributed by atoms with Crippen molar-refractivity contribution in [3.63, 3.8) is 0 Å². The third kappa shape index (κ3) is 1.90. The molecule has 0 heterocycles. The highest BCUT2D eigenvalue weighted by atomic mass is 15.0. The maximum Gasteiger partial charge on any atom is 0.0780 e. The number of hydrogen-bond acceptors (Lipinski definition) is 2. The molecule has 0 bridgehead atoms. The molecule has 0 saturated heterocycles. The SMILES string of the molecule is CC1(C)C=C(c2ccccc2)CC(C)(C)C1(N)N. The summed E-state index contributed by atoms with van der Waals surface area (Å²) in [5, 5.41) is 0. The fourth-order valence-electron chi connectivity index (χ4n) is 2.94. The highest BCUT2D eigenvalue weighted by Crippen LogP contribution is 2.50. The lowest BCUT2D eigenvalue weighted by atomic mass is 9.58. The second-order valence-corrected chi connectivity index (χ2v) is 6.69. The molecular formula is C16H24N2. The summed E-state index contributed by atoms with van der Waals surface area (Å²) in [5.74, 6) is 0. The predicted octanol–water partition coefficient (Wildman–Crippen LogP) is 3.14. The fraction of sp³-hybridized carbons (Fsp3) is 0.500. The van der Waals surface area contributed by atoms with E-state index in [-0.39, 0.29) is 10.8 Å². The monoisotopic (exact) mass is 244 g/mol. The Morgan fingerprint density at radius 3 is 2.00 bits per heavy atom. The third-order valence-electron chi connectivity index (χ3n) is 4.50. The van der Waals surface area contributed by atoms with E-state index >= 15 is 0 Å². The summed E-state index contributed by atoms with van der Waals surface area (Å²) >= 11 is 0. The van der Waals surface area contributed by atoms with Crippen LogP contribution in [0.3, 0.4) is 0 Å². The van der Waals surface area contributed by atoms with Gasteiger partial charge in [0.1, 0.15) is 0 Å². The Bertz CT molecular complexity index is 467. The lowest BCUT2D eigenvalue weighted by Gasteiger charge is -2.54. The average molecular weight is 244 g/mol. The Labute approximate surface area is 110 Å². The number of nitrogens with two attached hydrogens (primary N) is 2. The smallest absolute Gasteiger partial charge is 0.0780 e. The van der Waals surface area contributed by atoms with E-state index in [1.165, 1.54) is 11.1 Å². The summed E-state index contributed by atoms with van der Waals surface area (Å²) in [6, 6.07) is 10.5. The summed E-state index contributed by atoms with van der Waals surface area (Å²) < 4.78 is 0. The molecule has 2 heteroatoms. The van der Waals surface area contributed by atoms with Crippen molar-refractivity contribution >= 4 is 5.57 Å². The second-order valence-electron chi connectivity index (χ2n) is 6.69. The van der Waals surface area contributed by atoms with E-state index in [4.69, 9.17) is 11.5 Å². The molecule has 0 saturated carbocycles. The van der Waals surface area contributed by atoms with Crippen molar-refractivity contribution in [2.75, 3.05) is 0 Å². The van der Waals surface area contributed by atoms with E-state index in [9.17, 15) is 0 Å². The summed E-state index contributed by atoms with van der Waals surface area (Å²) in [6.07, 6.45) is 3.15. The van der Waals surface area contributed by atoms with Crippen LogP contribution >= 0.6 is 0 Å². The molecule has 1 aliphatic rings. The Morgan fingerprint density at radius 2 is 1.50 bits per heavy atom. The largest absolute Gasteiger partial charge is 0.312 e. The van der Waals surface area contributed by atoms with Crippen LogP contribution in [0.4, 0.5) is 0 Å². The van der Waals surface area contributed by atoms with Gasteiger partial charge in [-0.25, -0.2) is 0 Å². The molecule has 2 rings (SSSR count). The van der Waals surface area contributed by atoms with Gasteiger partial charge in [0.2, 0.25) is 0 Å². The fourth-order valence-corrected chi connectivity index (χ4v) is 2.94. The number of allylic oxidation sites excluding steroid dienone is 1. The first-order chi connectivity index (χ1) is 8.17. The molecule has 0 fully saturated rings. The van der Waals surface area contributed by atoms with Crippen LogP contribution in [0.15, 0.2) is 36.4 Å². The highest BCUT2D eigenvalue weighted by Gasteiger charge is 2.51. The third-order valence-corrected chi connectivity index (χ3v) is 4.50. The van der Waals surface area contributed by atoms with Crippen molar-refractivity contribution in [2.24, 2.45) is 22.3 Å². The maximum atomic E-state index is 6.41. The van der Waals surface area contributed by atoms with Crippen molar-refractivity contribution in [3.05, 3.63) is 42.0 Å². The lowest BCUT2D eigenvalue weighted by molar-refractivity contribution is 0.0652. The minimum Gasteiger partial charge on any atom is -0.312 e. The van der Waals surface area contributed by atoms with Gasteiger partial charge in [0, 0.05) is 10.8 Å². The zero-order valence-electron chi connectivity index (χ0n) is 11.8. The molecule has 1 aliphatic carbocycles. The molecule has 0 spiro atoms. The second kappa shape index (κ2) is 3.94. The van der Waals surface area contributed by atoms with Gasteiger partial charge < -0.3 is 11.5 Å². The van der Waals surface area contributed by atoms with Crippen LogP contribution in [0.2, 0.25) is 0 Å². The van der Waals surface area contributed by atoms with Gasteiger partial charge in [0.15, 0.2) is 0 Å². The standard InChI is InChI=1S/C16H24N2/c1-14(2)10-13(12-8-6-5-7-9-12)11-15(3,4)16(14,17)18/h5-10H,11,17-18H2,1-4H3. The molecule has 0 aliphatic heterocycles. The van der Waals surface area contributed by atoms with Crippen LogP contribution in [0.25, 0.3) is 5.57 Å². The first-order valence-corrected chi connectivity index (χ1v) is 6.52. The molecule has 98 valence electrons. The molecular weight excluding hydrogens is 220 g/mol. The van der Waals surface area contributed by atoms with Gasteiger partial charge in [0.25, 0.3) is 0 Å². The van der Waals surface area contributed by atoms with Gasteiger partial charge in [-0.1, -0.05) is 64.1 Å². The van der Waals surface area contributed by atoms with Gasteiger partial charge >= 0.3 is 0 Å². The molecule has 1 aromatic carbocycles. The number of rotatable bonds is 1. The van der Waals surface area contributed by atoms with Gasteiger partial charge in [-0.15, -0.1) is 0 Å². The van der Waals surface area contributed by atoms with Crippen LogP contribution in [-0.4, -0.2) is 5.66 Å². The molecule has 0 atom stereocenters. The first kappa shape index (κ1) is 13.3. The van der Waals surface area contributed by atoms with E-state index in [2.05, 4.69) is 58.0 Å². The van der Waals surface area contributed by atoms with E-state index in [1.54, 1.807) is 0 Å². The zero-order chi connectivity index (χ0) is 13.6. The quantitative estimate of drug-likeness (QED) is 0.746. The average Bonchev–Trinajstić information content (AvgIpc) is 2.27. The van der Waals surface area contributed by atoms with Crippen molar-refractivity contribution in [3.8, 4) is 0 Å². The predicted molar refractivity (Wildman–Crippen MR) is 77.7 cm³/mol. The molecule has 2 nitrogen and oxygen atoms in total. The van der Waals surface area contributed by atoms with Crippen LogP contribution in [0, 0.1) is 10.8 Å². The zero-order valence-corrected chi connectivity index (χ0v) is 11.8. The lowest BCUT2D eigenvalue weighted by Crippen LogP contribution is -2.69. The van der Waals surface area contributed by atoms with E-state index in [1.807, 2.05) is 6.07 Å². The molecule has 0 radical (unpaired) electrons. The Balaban J connectivity index is 2.51. The Morgan fingerprint density at radius 1 is 0.944 bits per heavy atom. The molecule has 18 heavy (non-hydrogen) atoms. The molecule has 0 aromatic heterocycles. The van der Waals surface area contributed by atoms with Crippen LogP contribution < -0.4 is 11.5 Å². The summed E-state index contributed by atoms with van der Waals surface area (Å²) in [6.45, 7) is 8.56. The van der Waals surface area contributed by atoms with Gasteiger partial charge in [-0.05, 0) is 17.6 Å². The van der Waals surface area contributed by atoms with Gasteiger partial charge in [0.05, 0.1) is 5.66 Å². The summed E-state index contributed by atoms with van der Waals surface area (Å²) in [7, 11) is 0. The maximum absolute atomic E-state index is 6.41. The van der Waals surface area contributed by atoms with E-state index in [0.29, 0.717) is 0 Å². The summed E-state index contributed by atoms with van der Waals surface area (Å²) in [5.41, 5.74) is 14.4.